The first kappa shape index (κ1) is 17.0. The maximum absolute atomic E-state index is 6.19. The summed E-state index contributed by atoms with van der Waals surface area (Å²) in [5.41, 5.74) is 8.75. The van der Waals surface area contributed by atoms with Gasteiger partial charge in [0.25, 0.3) is 0 Å². The molecule has 6 rings (SSSR count). The fourth-order valence-electron chi connectivity index (χ4n) is 4.28. The predicted molar refractivity (Wildman–Crippen MR) is 122 cm³/mol. The zero-order valence-corrected chi connectivity index (χ0v) is 16.8. The number of aryl methyl sites for hydroxylation is 2. The number of pyridine rings is 1. The Labute approximate surface area is 173 Å². The summed E-state index contributed by atoms with van der Waals surface area (Å²) >= 11 is 0. The van der Waals surface area contributed by atoms with Crippen molar-refractivity contribution in [1.29, 1.82) is 0 Å². The summed E-state index contributed by atoms with van der Waals surface area (Å²) in [7, 11) is 0. The highest BCUT2D eigenvalue weighted by Gasteiger charge is 2.14. The molecule has 0 amide bonds. The second kappa shape index (κ2) is 6.33. The zero-order valence-electron chi connectivity index (χ0n) is 16.8. The van der Waals surface area contributed by atoms with E-state index in [2.05, 4.69) is 56.3 Å². The van der Waals surface area contributed by atoms with Crippen molar-refractivity contribution in [3.63, 3.8) is 0 Å². The Morgan fingerprint density at radius 3 is 2.33 bits per heavy atom. The van der Waals surface area contributed by atoms with Crippen molar-refractivity contribution in [3.8, 4) is 22.6 Å². The third-order valence-electron chi connectivity index (χ3n) is 5.56. The molecular weight excluding hydrogens is 370 g/mol. The first-order valence-electron chi connectivity index (χ1n) is 10.1. The molecule has 3 heterocycles. The lowest BCUT2D eigenvalue weighted by atomic mass is 10.1. The van der Waals surface area contributed by atoms with E-state index in [1.54, 1.807) is 0 Å². The van der Waals surface area contributed by atoms with E-state index in [1.807, 2.05) is 36.4 Å². The number of aromatic nitrogens is 1. The average Bonchev–Trinajstić information content (AvgIpc) is 3.34. The van der Waals surface area contributed by atoms with Crippen LogP contribution in [0.15, 0.2) is 87.7 Å². The predicted octanol–water partition coefficient (Wildman–Crippen LogP) is 7.68. The number of hydrogen-bond donors (Lipinski definition) is 0. The third-order valence-corrected chi connectivity index (χ3v) is 5.56. The fourth-order valence-corrected chi connectivity index (χ4v) is 4.28. The molecule has 0 unspecified atom stereocenters. The molecule has 0 aliphatic rings. The van der Waals surface area contributed by atoms with Gasteiger partial charge in [-0.1, -0.05) is 47.5 Å². The maximum Gasteiger partial charge on any atom is 0.153 e. The van der Waals surface area contributed by atoms with Gasteiger partial charge in [-0.2, -0.15) is 0 Å². The summed E-state index contributed by atoms with van der Waals surface area (Å²) in [5.74, 6) is 0.836. The van der Waals surface area contributed by atoms with Gasteiger partial charge in [-0.15, -0.1) is 0 Å². The molecule has 0 saturated carbocycles. The van der Waals surface area contributed by atoms with Gasteiger partial charge in [0, 0.05) is 28.0 Å². The zero-order chi connectivity index (χ0) is 20.2. The number of para-hydroxylation sites is 2. The Hall–Kier alpha value is -3.85. The number of hydrogen-bond acceptors (Lipinski definition) is 3. The van der Waals surface area contributed by atoms with Crippen molar-refractivity contribution < 1.29 is 8.83 Å². The molecule has 0 atom stereocenters. The van der Waals surface area contributed by atoms with E-state index in [0.29, 0.717) is 0 Å². The molecule has 3 aromatic heterocycles. The SMILES string of the molecule is Cc1cc(C)cc(-c2cc3nc(-c4cccc5c4oc4ccccc45)ccc3o2)c1. The van der Waals surface area contributed by atoms with Gasteiger partial charge in [-0.25, -0.2) is 4.98 Å². The van der Waals surface area contributed by atoms with E-state index >= 15 is 0 Å². The molecule has 0 spiro atoms. The number of fused-ring (bicyclic) bond motifs is 4. The topological polar surface area (TPSA) is 39.2 Å². The molecule has 0 N–H and O–H groups in total. The van der Waals surface area contributed by atoms with Gasteiger partial charge >= 0.3 is 0 Å². The van der Waals surface area contributed by atoms with Crippen LogP contribution < -0.4 is 0 Å². The fraction of sp³-hybridized carbons (Fsp3) is 0.0741. The van der Waals surface area contributed by atoms with Gasteiger partial charge < -0.3 is 8.83 Å². The van der Waals surface area contributed by atoms with Crippen molar-refractivity contribution >= 4 is 33.0 Å². The molecule has 0 fully saturated rings. The van der Waals surface area contributed by atoms with Gasteiger partial charge in [0.1, 0.15) is 22.4 Å². The van der Waals surface area contributed by atoms with Gasteiger partial charge in [-0.3, -0.25) is 0 Å². The minimum Gasteiger partial charge on any atom is -0.455 e. The van der Waals surface area contributed by atoms with E-state index < -0.39 is 0 Å². The van der Waals surface area contributed by atoms with Gasteiger partial charge in [-0.05, 0) is 50.2 Å². The lowest BCUT2D eigenvalue weighted by Crippen LogP contribution is -1.83. The number of rotatable bonds is 2. The standard InChI is InChI=1S/C27H19NO2/c1-16-12-17(2)14-18(13-16)26-15-23-25(29-26)11-10-22(28-23)21-8-5-7-20-19-6-3-4-9-24(19)30-27(20)21/h3-15H,1-2H3. The van der Waals surface area contributed by atoms with E-state index in [9.17, 15) is 0 Å². The minimum atomic E-state index is 0.782. The van der Waals surface area contributed by atoms with Crippen LogP contribution in [0.5, 0.6) is 0 Å². The highest BCUT2D eigenvalue weighted by atomic mass is 16.3. The Morgan fingerprint density at radius 2 is 1.47 bits per heavy atom. The number of nitrogens with zero attached hydrogens (tertiary/aromatic N) is 1. The van der Waals surface area contributed by atoms with Crippen molar-refractivity contribution in [2.45, 2.75) is 13.8 Å². The normalized spacial score (nSPS) is 11.7. The summed E-state index contributed by atoms with van der Waals surface area (Å²) in [5, 5.41) is 2.23. The lowest BCUT2D eigenvalue weighted by molar-refractivity contribution is 0.631. The molecule has 0 aliphatic carbocycles. The molecule has 0 aliphatic heterocycles. The maximum atomic E-state index is 6.19. The van der Waals surface area contributed by atoms with Crippen molar-refractivity contribution in [3.05, 3.63) is 90.0 Å². The molecule has 3 nitrogen and oxygen atoms in total. The summed E-state index contributed by atoms with van der Waals surface area (Å²) in [6, 6.07) is 26.8. The average molecular weight is 389 g/mol. The highest BCUT2D eigenvalue weighted by molar-refractivity contribution is 6.09. The Kier molecular flexibility index (Phi) is 3.59. The molecule has 3 heteroatoms. The third kappa shape index (κ3) is 2.63. The summed E-state index contributed by atoms with van der Waals surface area (Å²) < 4.78 is 12.3. The highest BCUT2D eigenvalue weighted by Crippen LogP contribution is 2.36. The monoisotopic (exact) mass is 389 g/mol. The molecule has 0 bridgehead atoms. The molecule has 3 aromatic carbocycles. The van der Waals surface area contributed by atoms with Crippen LogP contribution in [0.3, 0.4) is 0 Å². The van der Waals surface area contributed by atoms with Crippen LogP contribution in [-0.2, 0) is 0 Å². The Morgan fingerprint density at radius 1 is 0.667 bits per heavy atom. The second-order valence-electron chi connectivity index (χ2n) is 7.85. The van der Waals surface area contributed by atoms with Crippen LogP contribution in [0.1, 0.15) is 11.1 Å². The quantitative estimate of drug-likeness (QED) is 0.305. The lowest BCUT2D eigenvalue weighted by Gasteiger charge is -2.01. The summed E-state index contributed by atoms with van der Waals surface area (Å²) in [4.78, 5) is 4.90. The van der Waals surface area contributed by atoms with Crippen LogP contribution in [0.4, 0.5) is 0 Å². The summed E-state index contributed by atoms with van der Waals surface area (Å²) in [6.07, 6.45) is 0. The van der Waals surface area contributed by atoms with Gasteiger partial charge in [0.15, 0.2) is 5.58 Å². The Balaban J connectivity index is 1.52. The summed E-state index contributed by atoms with van der Waals surface area (Å²) in [6.45, 7) is 4.20. The number of furan rings is 2. The smallest absolute Gasteiger partial charge is 0.153 e. The molecule has 144 valence electrons. The second-order valence-corrected chi connectivity index (χ2v) is 7.85. The van der Waals surface area contributed by atoms with Crippen LogP contribution in [0, 0.1) is 13.8 Å². The minimum absolute atomic E-state index is 0.782. The van der Waals surface area contributed by atoms with Crippen LogP contribution >= 0.6 is 0 Å². The van der Waals surface area contributed by atoms with Crippen LogP contribution in [0.25, 0.3) is 55.6 Å². The Bertz CT molecular complexity index is 1550. The number of benzene rings is 3. The molecule has 6 aromatic rings. The van der Waals surface area contributed by atoms with Gasteiger partial charge in [0.2, 0.25) is 0 Å². The molecule has 0 radical (unpaired) electrons. The van der Waals surface area contributed by atoms with E-state index in [4.69, 9.17) is 13.8 Å². The van der Waals surface area contributed by atoms with Gasteiger partial charge in [0.05, 0.1) is 5.69 Å². The molecule has 0 saturated heterocycles. The van der Waals surface area contributed by atoms with Crippen LogP contribution in [-0.4, -0.2) is 4.98 Å². The van der Waals surface area contributed by atoms with E-state index in [0.717, 1.165) is 55.6 Å². The van der Waals surface area contributed by atoms with Crippen molar-refractivity contribution in [1.82, 2.24) is 4.98 Å². The van der Waals surface area contributed by atoms with E-state index in [1.165, 1.54) is 11.1 Å². The first-order chi connectivity index (χ1) is 14.7. The molecule has 30 heavy (non-hydrogen) atoms. The van der Waals surface area contributed by atoms with Crippen molar-refractivity contribution in [2.24, 2.45) is 0 Å². The first-order valence-corrected chi connectivity index (χ1v) is 10.1. The van der Waals surface area contributed by atoms with E-state index in [-0.39, 0.29) is 0 Å². The van der Waals surface area contributed by atoms with Crippen molar-refractivity contribution in [2.75, 3.05) is 0 Å². The van der Waals surface area contributed by atoms with Crippen LogP contribution in [0.2, 0.25) is 0 Å². The largest absolute Gasteiger partial charge is 0.455 e. The molecular formula is C27H19NO2.